The topological polar surface area (TPSA) is 130 Å². The van der Waals surface area contributed by atoms with Crippen molar-refractivity contribution in [3.05, 3.63) is 83.9 Å². The van der Waals surface area contributed by atoms with Gasteiger partial charge in [-0.2, -0.15) is 0 Å². The Bertz CT molecular complexity index is 1210. The number of hydrogen-bond acceptors (Lipinski definition) is 4. The summed E-state index contributed by atoms with van der Waals surface area (Å²) in [5.74, 6) is -2.12. The van der Waals surface area contributed by atoms with Gasteiger partial charge in [0.1, 0.15) is 12.1 Å². The van der Waals surface area contributed by atoms with Crippen LogP contribution in [0, 0.1) is 0 Å². The zero-order valence-electron chi connectivity index (χ0n) is 20.3. The molecule has 8 heteroatoms. The number of primary amides is 1. The molecule has 2 unspecified atom stereocenters. The SMILES string of the molecule is CC(NC(=O)C(CC(N)=O)NC(=O)CCCc1ccccc1)C(=O)NCc1cccc2ccccc12. The number of benzene rings is 3. The Hall–Kier alpha value is -4.20. The molecule has 3 aromatic carbocycles. The van der Waals surface area contributed by atoms with Gasteiger partial charge in [-0.1, -0.05) is 72.8 Å². The molecule has 0 aromatic heterocycles. The van der Waals surface area contributed by atoms with Crippen LogP contribution in [0.3, 0.4) is 0 Å². The van der Waals surface area contributed by atoms with Crippen LogP contribution in [0.4, 0.5) is 0 Å². The fourth-order valence-electron chi connectivity index (χ4n) is 3.94. The number of aryl methyl sites for hydroxylation is 1. The Labute approximate surface area is 210 Å². The second-order valence-corrected chi connectivity index (χ2v) is 8.72. The average molecular weight is 489 g/mol. The minimum absolute atomic E-state index is 0.193. The van der Waals surface area contributed by atoms with Crippen molar-refractivity contribution in [2.24, 2.45) is 5.73 Å². The summed E-state index contributed by atoms with van der Waals surface area (Å²) in [6.07, 6.45) is 1.14. The summed E-state index contributed by atoms with van der Waals surface area (Å²) in [7, 11) is 0. The first-order chi connectivity index (χ1) is 17.3. The highest BCUT2D eigenvalue weighted by atomic mass is 16.2. The minimum Gasteiger partial charge on any atom is -0.370 e. The summed E-state index contributed by atoms with van der Waals surface area (Å²) >= 11 is 0. The normalized spacial score (nSPS) is 12.4. The Balaban J connectivity index is 1.51. The predicted octanol–water partition coefficient (Wildman–Crippen LogP) is 2.34. The number of nitrogens with two attached hydrogens (primary N) is 1. The summed E-state index contributed by atoms with van der Waals surface area (Å²) in [5, 5.41) is 10.1. The minimum atomic E-state index is -1.15. The molecule has 3 aromatic rings. The molecular formula is C28H32N4O4. The van der Waals surface area contributed by atoms with Crippen LogP contribution in [-0.4, -0.2) is 35.7 Å². The summed E-state index contributed by atoms with van der Waals surface area (Å²) in [6.45, 7) is 1.84. The van der Waals surface area contributed by atoms with Gasteiger partial charge in [-0.3, -0.25) is 19.2 Å². The van der Waals surface area contributed by atoms with Crippen LogP contribution in [0.25, 0.3) is 10.8 Å². The van der Waals surface area contributed by atoms with Crippen molar-refractivity contribution in [3.8, 4) is 0 Å². The molecule has 0 spiro atoms. The number of nitrogens with one attached hydrogen (secondary N) is 3. The first-order valence-corrected chi connectivity index (χ1v) is 12.0. The lowest BCUT2D eigenvalue weighted by Gasteiger charge is -2.20. The van der Waals surface area contributed by atoms with Crippen LogP contribution < -0.4 is 21.7 Å². The maximum Gasteiger partial charge on any atom is 0.243 e. The summed E-state index contributed by atoms with van der Waals surface area (Å²) in [6, 6.07) is 21.4. The molecule has 188 valence electrons. The van der Waals surface area contributed by atoms with Crippen molar-refractivity contribution < 1.29 is 19.2 Å². The fraction of sp³-hybridized carbons (Fsp3) is 0.286. The van der Waals surface area contributed by atoms with Gasteiger partial charge in [0.15, 0.2) is 0 Å². The van der Waals surface area contributed by atoms with Gasteiger partial charge in [0.05, 0.1) is 6.42 Å². The van der Waals surface area contributed by atoms with E-state index in [-0.39, 0.29) is 24.7 Å². The van der Waals surface area contributed by atoms with Crippen LogP contribution in [0.2, 0.25) is 0 Å². The van der Waals surface area contributed by atoms with Crippen molar-refractivity contribution in [3.63, 3.8) is 0 Å². The molecule has 5 N–H and O–H groups in total. The number of carbonyl (C=O) groups excluding carboxylic acids is 4. The number of fused-ring (bicyclic) bond motifs is 1. The largest absolute Gasteiger partial charge is 0.370 e. The maximum absolute atomic E-state index is 12.8. The van der Waals surface area contributed by atoms with Crippen LogP contribution in [0.1, 0.15) is 37.3 Å². The predicted molar refractivity (Wildman–Crippen MR) is 139 cm³/mol. The molecule has 0 saturated heterocycles. The Morgan fingerprint density at radius 3 is 2.28 bits per heavy atom. The van der Waals surface area contributed by atoms with Gasteiger partial charge in [0.25, 0.3) is 0 Å². The molecule has 0 aliphatic heterocycles. The van der Waals surface area contributed by atoms with Gasteiger partial charge >= 0.3 is 0 Å². The van der Waals surface area contributed by atoms with Gasteiger partial charge in [-0.05, 0) is 41.7 Å². The van der Waals surface area contributed by atoms with E-state index < -0.39 is 23.9 Å². The zero-order chi connectivity index (χ0) is 25.9. The van der Waals surface area contributed by atoms with Crippen LogP contribution in [0.15, 0.2) is 72.8 Å². The lowest BCUT2D eigenvalue weighted by atomic mass is 10.0. The van der Waals surface area contributed by atoms with E-state index in [2.05, 4.69) is 16.0 Å². The fourth-order valence-corrected chi connectivity index (χ4v) is 3.94. The van der Waals surface area contributed by atoms with Gasteiger partial charge in [-0.25, -0.2) is 0 Å². The molecule has 0 heterocycles. The van der Waals surface area contributed by atoms with E-state index >= 15 is 0 Å². The number of carbonyl (C=O) groups is 4. The van der Waals surface area contributed by atoms with Crippen molar-refractivity contribution in [1.82, 2.24) is 16.0 Å². The second-order valence-electron chi connectivity index (χ2n) is 8.72. The average Bonchev–Trinajstić information content (AvgIpc) is 2.87. The van der Waals surface area contributed by atoms with Gasteiger partial charge in [0, 0.05) is 13.0 Å². The molecule has 0 saturated carbocycles. The van der Waals surface area contributed by atoms with Crippen LogP contribution in [0.5, 0.6) is 0 Å². The van der Waals surface area contributed by atoms with E-state index in [4.69, 9.17) is 5.73 Å². The molecular weight excluding hydrogens is 456 g/mol. The van der Waals surface area contributed by atoms with E-state index in [1.54, 1.807) is 6.92 Å². The smallest absolute Gasteiger partial charge is 0.243 e. The van der Waals surface area contributed by atoms with E-state index in [0.717, 1.165) is 28.3 Å². The Kier molecular flexibility index (Phi) is 9.56. The Morgan fingerprint density at radius 1 is 0.833 bits per heavy atom. The lowest BCUT2D eigenvalue weighted by Crippen LogP contribution is -2.53. The van der Waals surface area contributed by atoms with E-state index in [9.17, 15) is 19.2 Å². The third-order valence-corrected chi connectivity index (χ3v) is 5.85. The van der Waals surface area contributed by atoms with Crippen molar-refractivity contribution in [2.75, 3.05) is 0 Å². The molecule has 0 aliphatic rings. The van der Waals surface area contributed by atoms with Crippen LogP contribution in [-0.2, 0) is 32.1 Å². The molecule has 3 rings (SSSR count). The highest BCUT2D eigenvalue weighted by Crippen LogP contribution is 2.18. The van der Waals surface area contributed by atoms with Crippen molar-refractivity contribution >= 4 is 34.4 Å². The molecule has 8 nitrogen and oxygen atoms in total. The van der Waals surface area contributed by atoms with E-state index in [1.165, 1.54) is 0 Å². The number of rotatable bonds is 12. The number of hydrogen-bond donors (Lipinski definition) is 4. The van der Waals surface area contributed by atoms with Crippen LogP contribution >= 0.6 is 0 Å². The summed E-state index contributed by atoms with van der Waals surface area (Å²) in [4.78, 5) is 49.3. The first-order valence-electron chi connectivity index (χ1n) is 12.0. The Morgan fingerprint density at radius 2 is 1.53 bits per heavy atom. The maximum atomic E-state index is 12.8. The second kappa shape index (κ2) is 13.0. The van der Waals surface area contributed by atoms with E-state index in [0.29, 0.717) is 13.0 Å². The monoisotopic (exact) mass is 488 g/mol. The van der Waals surface area contributed by atoms with Crippen molar-refractivity contribution in [1.29, 1.82) is 0 Å². The molecule has 2 atom stereocenters. The third kappa shape index (κ3) is 7.94. The molecule has 36 heavy (non-hydrogen) atoms. The van der Waals surface area contributed by atoms with Gasteiger partial charge < -0.3 is 21.7 Å². The summed E-state index contributed by atoms with van der Waals surface area (Å²) < 4.78 is 0. The highest BCUT2D eigenvalue weighted by molar-refractivity contribution is 5.94. The highest BCUT2D eigenvalue weighted by Gasteiger charge is 2.26. The molecule has 0 radical (unpaired) electrons. The van der Waals surface area contributed by atoms with E-state index in [1.807, 2.05) is 72.8 Å². The standard InChI is InChI=1S/C28H32N4O4/c1-19(27(35)30-18-22-14-8-13-21-12-5-6-15-23(21)22)31-28(36)24(17-25(29)33)32-26(34)16-7-11-20-9-3-2-4-10-20/h2-6,8-10,12-15,19,24H,7,11,16-18H2,1H3,(H2,29,33)(H,30,35)(H,31,36)(H,32,34). The summed E-state index contributed by atoms with van der Waals surface area (Å²) in [5.41, 5.74) is 7.35. The third-order valence-electron chi connectivity index (χ3n) is 5.85. The molecule has 0 aliphatic carbocycles. The molecule has 4 amide bonds. The van der Waals surface area contributed by atoms with Crippen molar-refractivity contribution in [2.45, 2.75) is 51.2 Å². The molecule has 0 fully saturated rings. The first kappa shape index (κ1) is 26.4. The molecule has 0 bridgehead atoms. The quantitative estimate of drug-likeness (QED) is 0.312. The zero-order valence-corrected chi connectivity index (χ0v) is 20.3. The lowest BCUT2D eigenvalue weighted by molar-refractivity contribution is -0.133. The van der Waals surface area contributed by atoms with Gasteiger partial charge in [-0.15, -0.1) is 0 Å². The van der Waals surface area contributed by atoms with Gasteiger partial charge in [0.2, 0.25) is 23.6 Å². The number of amides is 4.